The lowest BCUT2D eigenvalue weighted by Crippen LogP contribution is -2.56. The number of carbonyl (C=O) groups is 2. The van der Waals surface area contributed by atoms with Crippen molar-refractivity contribution in [1.29, 1.82) is 0 Å². The van der Waals surface area contributed by atoms with Gasteiger partial charge in [0, 0.05) is 5.54 Å². The van der Waals surface area contributed by atoms with Gasteiger partial charge in [-0.2, -0.15) is 0 Å². The van der Waals surface area contributed by atoms with Gasteiger partial charge in [0.2, 0.25) is 11.8 Å². The van der Waals surface area contributed by atoms with Crippen molar-refractivity contribution in [2.75, 3.05) is 0 Å². The minimum absolute atomic E-state index is 0.0380. The van der Waals surface area contributed by atoms with E-state index in [1.807, 2.05) is 48.5 Å². The molecular weight excluding hydrogens is 300 g/mol. The average molecular weight is 333 g/mol. The molecule has 0 spiro atoms. The first-order valence-electron chi connectivity index (χ1n) is 7.58. The summed E-state index contributed by atoms with van der Waals surface area (Å²) in [5.41, 5.74) is -0.310. The molecule has 0 aliphatic rings. The van der Waals surface area contributed by atoms with Crippen molar-refractivity contribution >= 4 is 32.1 Å². The van der Waals surface area contributed by atoms with Crippen LogP contribution in [0.25, 0.3) is 0 Å². The molecule has 0 aromatic heterocycles. The topological polar surface area (TPSA) is 67.4 Å². The van der Waals surface area contributed by atoms with Gasteiger partial charge in [-0.3, -0.25) is 9.59 Å². The fourth-order valence-corrected chi connectivity index (χ4v) is 4.93. The third kappa shape index (κ3) is 6.75. The van der Waals surface area contributed by atoms with Crippen LogP contribution in [0.15, 0.2) is 0 Å². The molecular formula is C14H32N2O3Si2. The quantitative estimate of drug-likeness (QED) is 0.646. The van der Waals surface area contributed by atoms with Gasteiger partial charge in [-0.1, -0.05) is 27.7 Å². The van der Waals surface area contributed by atoms with Crippen LogP contribution in [0.4, 0.5) is 0 Å². The summed E-state index contributed by atoms with van der Waals surface area (Å²) in [6, 6.07) is -0.509. The first kappa shape index (κ1) is 20.3. The van der Waals surface area contributed by atoms with Crippen molar-refractivity contribution in [1.82, 2.24) is 10.6 Å². The molecule has 0 saturated carbocycles. The summed E-state index contributed by atoms with van der Waals surface area (Å²) >= 11 is 0. The molecule has 0 fully saturated rings. The number of hydrogen-bond donors (Lipinski definition) is 2. The molecule has 1 unspecified atom stereocenters. The largest absolute Gasteiger partial charge is 0.467 e. The molecule has 0 bridgehead atoms. The highest BCUT2D eigenvalue weighted by molar-refractivity contribution is 6.45. The number of rotatable bonds is 7. The van der Waals surface area contributed by atoms with Gasteiger partial charge in [-0.05, 0) is 33.1 Å². The summed E-state index contributed by atoms with van der Waals surface area (Å²) in [7, 11) is -0.257. The number of amides is 2. The van der Waals surface area contributed by atoms with Crippen molar-refractivity contribution < 1.29 is 13.7 Å². The van der Waals surface area contributed by atoms with Crippen LogP contribution in [0.5, 0.6) is 0 Å². The Morgan fingerprint density at radius 1 is 1.24 bits per heavy atom. The second-order valence-electron chi connectivity index (χ2n) is 7.28. The van der Waals surface area contributed by atoms with Gasteiger partial charge in [0.25, 0.3) is 0 Å². The van der Waals surface area contributed by atoms with Crippen molar-refractivity contribution in [2.24, 2.45) is 5.92 Å². The monoisotopic (exact) mass is 332 g/mol. The third-order valence-electron chi connectivity index (χ3n) is 3.53. The van der Waals surface area contributed by atoms with Crippen LogP contribution < -0.4 is 10.6 Å². The summed E-state index contributed by atoms with van der Waals surface area (Å²) in [5.74, 6) is -0.149. The van der Waals surface area contributed by atoms with Crippen LogP contribution in [0.1, 0.15) is 54.9 Å². The maximum Gasteiger partial charge on any atom is 0.243 e. The summed E-state index contributed by atoms with van der Waals surface area (Å²) in [6.45, 7) is 13.6. The zero-order valence-electron chi connectivity index (χ0n) is 14.8. The second kappa shape index (κ2) is 8.09. The summed E-state index contributed by atoms with van der Waals surface area (Å²) in [5, 5.41) is 5.43. The van der Waals surface area contributed by atoms with Gasteiger partial charge in [0.15, 0.2) is 9.76 Å². The van der Waals surface area contributed by atoms with Gasteiger partial charge < -0.3 is 14.7 Å². The van der Waals surface area contributed by atoms with E-state index in [2.05, 4.69) is 10.6 Å². The number of hydrogen-bond acceptors (Lipinski definition) is 3. The summed E-state index contributed by atoms with van der Waals surface area (Å²) < 4.78 is 5.42. The highest BCUT2D eigenvalue weighted by atomic mass is 28.3. The van der Waals surface area contributed by atoms with Crippen LogP contribution >= 0.6 is 0 Å². The highest BCUT2D eigenvalue weighted by Gasteiger charge is 2.36. The molecule has 0 aliphatic heterocycles. The number of nitrogens with one attached hydrogen (secondary N) is 2. The van der Waals surface area contributed by atoms with Crippen molar-refractivity contribution in [3.8, 4) is 0 Å². The van der Waals surface area contributed by atoms with E-state index in [0.29, 0.717) is 10.5 Å². The van der Waals surface area contributed by atoms with Crippen molar-refractivity contribution in [3.63, 3.8) is 0 Å². The minimum atomic E-state index is -0.916. The van der Waals surface area contributed by atoms with Crippen LogP contribution in [-0.4, -0.2) is 43.6 Å². The zero-order valence-corrected chi connectivity index (χ0v) is 18.2. The molecule has 0 aromatic carbocycles. The molecule has 2 atom stereocenters. The van der Waals surface area contributed by atoms with Gasteiger partial charge in [0.05, 0.1) is 5.04 Å². The Kier molecular flexibility index (Phi) is 7.84. The Morgan fingerprint density at radius 2 is 1.76 bits per heavy atom. The maximum absolute atomic E-state index is 12.5. The van der Waals surface area contributed by atoms with Crippen LogP contribution in [0.2, 0.25) is 5.04 Å². The Hall–Kier alpha value is -0.666. The van der Waals surface area contributed by atoms with Crippen LogP contribution in [0.3, 0.4) is 0 Å². The fourth-order valence-electron chi connectivity index (χ4n) is 1.94. The lowest BCUT2D eigenvalue weighted by molar-refractivity contribution is -0.132. The van der Waals surface area contributed by atoms with Crippen LogP contribution in [0, 0.1) is 5.92 Å². The molecule has 2 amide bonds. The summed E-state index contributed by atoms with van der Waals surface area (Å²) in [6.07, 6.45) is 0.735. The molecule has 124 valence electrons. The molecule has 7 heteroatoms. The predicted octanol–water partition coefficient (Wildman–Crippen LogP) is 0.0113. The molecule has 0 saturated heterocycles. The smallest absolute Gasteiger partial charge is 0.243 e. The zero-order chi connectivity index (χ0) is 16.8. The Bertz CT molecular complexity index is 370. The number of carbonyl (C=O) groups excluding carboxylic acids is 2. The first-order valence-corrected chi connectivity index (χ1v) is 9.69. The van der Waals surface area contributed by atoms with Crippen molar-refractivity contribution in [2.45, 2.75) is 71.5 Å². The van der Waals surface area contributed by atoms with Gasteiger partial charge in [-0.25, -0.2) is 0 Å². The molecule has 5 nitrogen and oxygen atoms in total. The van der Waals surface area contributed by atoms with E-state index in [1.165, 1.54) is 0 Å². The molecule has 21 heavy (non-hydrogen) atoms. The molecule has 0 aliphatic carbocycles. The van der Waals surface area contributed by atoms with E-state index in [4.69, 9.17) is 4.12 Å². The third-order valence-corrected chi connectivity index (χ3v) is 6.14. The average Bonchev–Trinajstić information content (AvgIpc) is 2.32. The Morgan fingerprint density at radius 3 is 2.10 bits per heavy atom. The first-order chi connectivity index (χ1) is 9.46. The van der Waals surface area contributed by atoms with E-state index in [-0.39, 0.29) is 23.3 Å². The van der Waals surface area contributed by atoms with E-state index in [1.54, 1.807) is 0 Å². The lowest BCUT2D eigenvalue weighted by Gasteiger charge is -2.31. The van der Waals surface area contributed by atoms with E-state index in [0.717, 1.165) is 6.42 Å². The van der Waals surface area contributed by atoms with E-state index >= 15 is 0 Å². The second-order valence-corrected chi connectivity index (χ2v) is 11.4. The molecule has 2 N–H and O–H groups in total. The molecule has 0 heterocycles. The van der Waals surface area contributed by atoms with Crippen LogP contribution in [-0.2, 0) is 13.7 Å². The predicted molar refractivity (Wildman–Crippen MR) is 92.9 cm³/mol. The fraction of sp³-hybridized carbons (Fsp3) is 0.857. The van der Waals surface area contributed by atoms with Gasteiger partial charge >= 0.3 is 0 Å². The maximum atomic E-state index is 12.5. The molecule has 0 aromatic rings. The normalized spacial score (nSPS) is 17.0. The summed E-state index contributed by atoms with van der Waals surface area (Å²) in [4.78, 5) is 24.9. The molecule has 0 radical (unpaired) electrons. The SMILES string of the molecule is CCC(C)([SiH2]O[SiH3])C(=O)N[C@H](C(=O)NC(C)(C)C)C(C)C. The van der Waals surface area contributed by atoms with E-state index in [9.17, 15) is 9.59 Å². The molecule has 0 rings (SSSR count). The van der Waals surface area contributed by atoms with Gasteiger partial charge in [-0.15, -0.1) is 0 Å². The Balaban J connectivity index is 5.01. The standard InChI is InChI=1S/C14H32N2O3Si2/c1-8-14(7,21-19-20)12(18)15-10(9(2)3)11(17)16-13(4,5)6/h9-10H,8,21H2,1-7,20H3,(H,15,18)(H,16,17)/t10-,14?/m0/s1. The van der Waals surface area contributed by atoms with E-state index < -0.39 is 20.8 Å². The van der Waals surface area contributed by atoms with Crippen molar-refractivity contribution in [3.05, 3.63) is 0 Å². The highest BCUT2D eigenvalue weighted by Crippen LogP contribution is 2.29. The lowest BCUT2D eigenvalue weighted by atomic mass is 9.99. The Labute approximate surface area is 134 Å². The minimum Gasteiger partial charge on any atom is -0.467 e. The van der Waals surface area contributed by atoms with Gasteiger partial charge in [0.1, 0.15) is 16.5 Å².